The molecule has 0 saturated heterocycles. The zero-order valence-corrected chi connectivity index (χ0v) is 27.0. The van der Waals surface area contributed by atoms with Crippen molar-refractivity contribution in [3.8, 4) is 0 Å². The van der Waals surface area contributed by atoms with Gasteiger partial charge in [-0.25, -0.2) is 19.2 Å². The molecular weight excluding hydrogens is 584 g/mol. The molecule has 12 heteroatoms. The third-order valence-corrected chi connectivity index (χ3v) is 7.65. The van der Waals surface area contributed by atoms with Gasteiger partial charge in [0.25, 0.3) is 0 Å². The van der Waals surface area contributed by atoms with Crippen LogP contribution in [0.25, 0.3) is 0 Å². The highest BCUT2D eigenvalue weighted by Crippen LogP contribution is 2.21. The molecule has 0 aromatic rings. The second-order valence-electron chi connectivity index (χ2n) is 11.7. The molecule has 2 N–H and O–H groups in total. The molecule has 2 atom stereocenters. The molecule has 2 unspecified atom stereocenters. The summed E-state index contributed by atoms with van der Waals surface area (Å²) >= 11 is 0. The number of carbonyl (C=O) groups is 4. The maximum absolute atomic E-state index is 12.2. The van der Waals surface area contributed by atoms with Gasteiger partial charge in [0.1, 0.15) is 13.2 Å². The molecule has 45 heavy (non-hydrogen) atoms. The minimum Gasteiger partial charge on any atom is -0.453 e. The normalized spacial score (nSPS) is 16.9. The Morgan fingerprint density at radius 3 is 1.56 bits per heavy atom. The Hall–Kier alpha value is -3.12. The van der Waals surface area contributed by atoms with E-state index in [2.05, 4.69) is 23.8 Å². The molecule has 0 aliphatic heterocycles. The number of hydrogen-bond acceptors (Lipinski definition) is 10. The zero-order valence-electron chi connectivity index (χ0n) is 27.0. The number of ether oxygens (including phenoxy) is 6. The molecule has 0 aromatic carbocycles. The first-order chi connectivity index (χ1) is 21.8. The van der Waals surface area contributed by atoms with Crippen molar-refractivity contribution in [1.29, 1.82) is 0 Å². The van der Waals surface area contributed by atoms with Gasteiger partial charge in [-0.05, 0) is 45.4 Å². The molecule has 0 bridgehead atoms. The van der Waals surface area contributed by atoms with Gasteiger partial charge in [-0.2, -0.15) is 0 Å². The van der Waals surface area contributed by atoms with E-state index in [1.54, 1.807) is 6.92 Å². The number of hydrogen-bond donors (Lipinski definition) is 2. The van der Waals surface area contributed by atoms with Crippen molar-refractivity contribution in [3.63, 3.8) is 0 Å². The van der Waals surface area contributed by atoms with E-state index in [4.69, 9.17) is 28.4 Å². The third-order valence-electron chi connectivity index (χ3n) is 7.65. The van der Waals surface area contributed by atoms with Gasteiger partial charge in [-0.1, -0.05) is 64.5 Å². The molecule has 2 aliphatic rings. The highest BCUT2D eigenvalue weighted by atomic mass is 16.6. The molecule has 2 amide bonds. The maximum Gasteiger partial charge on any atom is 0.407 e. The Morgan fingerprint density at radius 1 is 0.689 bits per heavy atom. The van der Waals surface area contributed by atoms with Gasteiger partial charge in [0.15, 0.2) is 12.2 Å². The molecule has 2 rings (SSSR count). The molecule has 256 valence electrons. The summed E-state index contributed by atoms with van der Waals surface area (Å²) < 4.78 is 33.0. The Morgan fingerprint density at radius 2 is 1.13 bits per heavy atom. The number of nitrogens with one attached hydrogen (secondary N) is 2. The van der Waals surface area contributed by atoms with Crippen molar-refractivity contribution in [2.45, 2.75) is 121 Å². The van der Waals surface area contributed by atoms with Crippen molar-refractivity contribution >= 4 is 24.1 Å². The lowest BCUT2D eigenvalue weighted by atomic mass is 9.98. The molecule has 0 aromatic heterocycles. The van der Waals surface area contributed by atoms with Crippen LogP contribution >= 0.6 is 0 Å². The molecule has 0 heterocycles. The van der Waals surface area contributed by atoms with Crippen LogP contribution in [0.5, 0.6) is 0 Å². The fourth-order valence-electron chi connectivity index (χ4n) is 5.07. The molecule has 2 fully saturated rings. The van der Waals surface area contributed by atoms with E-state index in [0.717, 1.165) is 83.1 Å². The Kier molecular flexibility index (Phi) is 19.7. The molecular formula is C33H54N2O10. The second kappa shape index (κ2) is 23.3. The lowest BCUT2D eigenvalue weighted by Gasteiger charge is -2.25. The molecule has 2 aliphatic carbocycles. The first-order valence-corrected chi connectivity index (χ1v) is 16.5. The summed E-state index contributed by atoms with van der Waals surface area (Å²) in [6, 6.07) is 0. The monoisotopic (exact) mass is 638 g/mol. The number of rotatable bonds is 21. The lowest BCUT2D eigenvalue weighted by molar-refractivity contribution is -0.152. The minimum absolute atomic E-state index is 0.107. The number of esters is 2. The van der Waals surface area contributed by atoms with Crippen LogP contribution in [0.15, 0.2) is 24.8 Å². The van der Waals surface area contributed by atoms with Gasteiger partial charge in [0.05, 0.1) is 25.4 Å². The van der Waals surface area contributed by atoms with Crippen molar-refractivity contribution < 1.29 is 47.6 Å². The van der Waals surface area contributed by atoms with Gasteiger partial charge in [-0.15, -0.1) is 0 Å². The van der Waals surface area contributed by atoms with Crippen LogP contribution in [0.4, 0.5) is 9.59 Å². The zero-order chi connectivity index (χ0) is 32.7. The van der Waals surface area contributed by atoms with Crippen molar-refractivity contribution in [3.05, 3.63) is 24.8 Å². The fraction of sp³-hybridized carbons (Fsp3) is 0.758. The fourth-order valence-corrected chi connectivity index (χ4v) is 5.07. The molecule has 2 saturated carbocycles. The van der Waals surface area contributed by atoms with Crippen LogP contribution in [-0.2, 0) is 38.0 Å². The summed E-state index contributed by atoms with van der Waals surface area (Å²) in [5.74, 6) is -1.14. The van der Waals surface area contributed by atoms with Crippen molar-refractivity contribution in [2.24, 2.45) is 0 Å². The van der Waals surface area contributed by atoms with Gasteiger partial charge in [0.2, 0.25) is 0 Å². The van der Waals surface area contributed by atoms with Crippen LogP contribution in [0.3, 0.4) is 0 Å². The summed E-state index contributed by atoms with van der Waals surface area (Å²) in [6.07, 6.45) is 12.7. The van der Waals surface area contributed by atoms with Gasteiger partial charge in [0, 0.05) is 24.7 Å². The molecule has 0 spiro atoms. The lowest BCUT2D eigenvalue weighted by Crippen LogP contribution is -2.35. The van der Waals surface area contributed by atoms with E-state index in [1.807, 2.05) is 0 Å². The highest BCUT2D eigenvalue weighted by molar-refractivity contribution is 5.87. The van der Waals surface area contributed by atoms with E-state index in [9.17, 15) is 19.2 Å². The van der Waals surface area contributed by atoms with E-state index in [-0.39, 0.29) is 44.2 Å². The largest absolute Gasteiger partial charge is 0.453 e. The van der Waals surface area contributed by atoms with Crippen LogP contribution in [0.1, 0.15) is 96.8 Å². The summed E-state index contributed by atoms with van der Waals surface area (Å²) in [5, 5.41) is 5.40. The van der Waals surface area contributed by atoms with E-state index >= 15 is 0 Å². The first-order valence-electron chi connectivity index (χ1n) is 16.5. The average Bonchev–Trinajstić information content (AvgIpc) is 3.05. The second-order valence-corrected chi connectivity index (χ2v) is 11.7. The third kappa shape index (κ3) is 18.4. The van der Waals surface area contributed by atoms with Crippen LogP contribution in [0.2, 0.25) is 0 Å². The van der Waals surface area contributed by atoms with Gasteiger partial charge in [-0.3, -0.25) is 0 Å². The predicted molar refractivity (Wildman–Crippen MR) is 168 cm³/mol. The highest BCUT2D eigenvalue weighted by Gasteiger charge is 2.22. The van der Waals surface area contributed by atoms with Crippen LogP contribution in [0, 0.1) is 0 Å². The number of alkyl carbamates (subject to hydrolysis) is 2. The van der Waals surface area contributed by atoms with Crippen LogP contribution < -0.4 is 10.6 Å². The quantitative estimate of drug-likeness (QED) is 0.0736. The first kappa shape index (κ1) is 38.1. The summed E-state index contributed by atoms with van der Waals surface area (Å²) in [4.78, 5) is 47.9. The summed E-state index contributed by atoms with van der Waals surface area (Å²) in [7, 11) is 0. The van der Waals surface area contributed by atoms with Crippen molar-refractivity contribution in [1.82, 2.24) is 10.6 Å². The SMILES string of the molecule is C=CC(=O)OC(COC(=O)NCCCCCCNC(=O)OCC(COC1CCCCC1)OC(=O)C(=C)C)COC1CCCCC1. The van der Waals surface area contributed by atoms with E-state index in [1.165, 1.54) is 12.8 Å². The molecule has 12 nitrogen and oxygen atoms in total. The summed E-state index contributed by atoms with van der Waals surface area (Å²) in [6.45, 7) is 9.54. The smallest absolute Gasteiger partial charge is 0.407 e. The average molecular weight is 639 g/mol. The topological polar surface area (TPSA) is 148 Å². The maximum atomic E-state index is 12.2. The van der Waals surface area contributed by atoms with E-state index < -0.39 is 36.3 Å². The number of amides is 2. The number of unbranched alkanes of at least 4 members (excludes halogenated alkanes) is 3. The predicted octanol–water partition coefficient (Wildman–Crippen LogP) is 5.28. The molecule has 0 radical (unpaired) electrons. The Labute approximate surface area is 267 Å². The Bertz CT molecular complexity index is 915. The standard InChI is InChI=1S/C33H54N2O10/c1-4-30(36)44-28(21-40-26-15-9-7-10-16-26)23-42-32(38)34-19-13-5-6-14-20-35-33(39)43-24-29(45-31(37)25(2)3)22-41-27-17-11-8-12-18-27/h4,26-29H,1-2,5-24H2,3H3,(H,34,38)(H,35,39). The van der Waals surface area contributed by atoms with Crippen LogP contribution in [-0.4, -0.2) is 88.1 Å². The Balaban J connectivity index is 1.53. The summed E-state index contributed by atoms with van der Waals surface area (Å²) in [5.41, 5.74) is 0.268. The minimum atomic E-state index is -0.705. The van der Waals surface area contributed by atoms with Gasteiger partial charge < -0.3 is 39.1 Å². The number of carbonyl (C=O) groups excluding carboxylic acids is 4. The van der Waals surface area contributed by atoms with E-state index in [0.29, 0.717) is 13.1 Å². The van der Waals surface area contributed by atoms with Gasteiger partial charge >= 0.3 is 24.1 Å². The van der Waals surface area contributed by atoms with Crippen molar-refractivity contribution in [2.75, 3.05) is 39.5 Å².